The number of aliphatic hydroxyl groups is 1. The number of ether oxygens (including phenoxy) is 1. The maximum atomic E-state index is 12.1. The fourth-order valence-corrected chi connectivity index (χ4v) is 2.43. The zero-order chi connectivity index (χ0) is 13.5. The fourth-order valence-electron chi connectivity index (χ4n) is 2.43. The Kier molecular flexibility index (Phi) is 2.95. The van der Waals surface area contributed by atoms with Gasteiger partial charge < -0.3 is 20.5 Å². The predicted molar refractivity (Wildman–Crippen MR) is 70.9 cm³/mol. The quantitative estimate of drug-likeness (QED) is 0.835. The van der Waals surface area contributed by atoms with Crippen molar-refractivity contribution in [1.82, 2.24) is 0 Å². The van der Waals surface area contributed by atoms with Crippen molar-refractivity contribution in [1.29, 1.82) is 0 Å². The van der Waals surface area contributed by atoms with E-state index >= 15 is 0 Å². The van der Waals surface area contributed by atoms with Gasteiger partial charge in [-0.3, -0.25) is 4.79 Å². The van der Waals surface area contributed by atoms with E-state index < -0.39 is 0 Å². The summed E-state index contributed by atoms with van der Waals surface area (Å²) in [6.45, 7) is 1.19. The second-order valence-electron chi connectivity index (χ2n) is 5.43. The molecule has 1 aliphatic carbocycles. The highest BCUT2D eigenvalue weighted by molar-refractivity contribution is 5.98. The number of benzene rings is 1. The molecule has 0 aromatic heterocycles. The lowest BCUT2D eigenvalue weighted by Crippen LogP contribution is -2.43. The van der Waals surface area contributed by atoms with Crippen LogP contribution in [-0.4, -0.2) is 30.8 Å². The van der Waals surface area contributed by atoms with Crippen LogP contribution in [0.25, 0.3) is 0 Å². The summed E-state index contributed by atoms with van der Waals surface area (Å²) < 4.78 is 5.44. The number of nitrogens with zero attached hydrogens (tertiary/aromatic N) is 1. The zero-order valence-electron chi connectivity index (χ0n) is 10.8. The van der Waals surface area contributed by atoms with Crippen LogP contribution in [0.3, 0.4) is 0 Å². The molecule has 0 unspecified atom stereocenters. The summed E-state index contributed by atoms with van der Waals surface area (Å²) in [4.78, 5) is 13.8. The number of hydrogen-bond donors (Lipinski definition) is 2. The first-order valence-electron chi connectivity index (χ1n) is 6.54. The molecule has 2 aliphatic rings. The largest absolute Gasteiger partial charge is 0.482 e. The first-order valence-corrected chi connectivity index (χ1v) is 6.54. The third kappa shape index (κ3) is 2.19. The average Bonchev–Trinajstić information content (AvgIpc) is 3.22. The highest BCUT2D eigenvalue weighted by Gasteiger charge is 2.45. The van der Waals surface area contributed by atoms with Gasteiger partial charge in [0.1, 0.15) is 5.75 Å². The van der Waals surface area contributed by atoms with Crippen LogP contribution in [0.15, 0.2) is 18.2 Å². The summed E-state index contributed by atoms with van der Waals surface area (Å²) in [5.41, 5.74) is 7.28. The van der Waals surface area contributed by atoms with Crippen LogP contribution < -0.4 is 15.4 Å². The maximum Gasteiger partial charge on any atom is 0.265 e. The number of nitrogens with two attached hydrogens (primary N) is 1. The van der Waals surface area contributed by atoms with Gasteiger partial charge in [-0.1, -0.05) is 6.07 Å². The monoisotopic (exact) mass is 262 g/mol. The van der Waals surface area contributed by atoms with E-state index in [9.17, 15) is 9.90 Å². The third-order valence-corrected chi connectivity index (χ3v) is 3.99. The van der Waals surface area contributed by atoms with Gasteiger partial charge in [0.15, 0.2) is 6.61 Å². The second-order valence-corrected chi connectivity index (χ2v) is 5.43. The summed E-state index contributed by atoms with van der Waals surface area (Å²) in [5, 5.41) is 9.43. The van der Waals surface area contributed by atoms with Crippen LogP contribution in [0.1, 0.15) is 18.4 Å². The lowest BCUT2D eigenvalue weighted by atomic mass is 10.1. The second kappa shape index (κ2) is 4.51. The number of fused-ring (bicyclic) bond motifs is 1. The number of amides is 1. The SMILES string of the molecule is NCc1ccc2c(c1)N(CC1(CO)CC1)C(=O)CO2. The average molecular weight is 262 g/mol. The molecule has 0 atom stereocenters. The Hall–Kier alpha value is -1.59. The lowest BCUT2D eigenvalue weighted by molar-refractivity contribution is -0.121. The highest BCUT2D eigenvalue weighted by Crippen LogP contribution is 2.47. The number of hydrogen-bond acceptors (Lipinski definition) is 4. The van der Waals surface area contributed by atoms with Gasteiger partial charge in [-0.15, -0.1) is 0 Å². The minimum Gasteiger partial charge on any atom is -0.482 e. The Morgan fingerprint density at radius 2 is 2.21 bits per heavy atom. The third-order valence-electron chi connectivity index (χ3n) is 3.99. The summed E-state index contributed by atoms with van der Waals surface area (Å²) >= 11 is 0. The standard InChI is InChI=1S/C14H18N2O3/c15-6-10-1-2-12-11(5-10)16(13(18)7-19-12)8-14(9-17)3-4-14/h1-2,5,17H,3-4,6-9,15H2. The van der Waals surface area contributed by atoms with Crippen LogP contribution in [0.2, 0.25) is 0 Å². The van der Waals surface area contributed by atoms with E-state index in [1.54, 1.807) is 4.90 Å². The van der Waals surface area contributed by atoms with E-state index in [2.05, 4.69) is 0 Å². The summed E-state index contributed by atoms with van der Waals surface area (Å²) in [6.07, 6.45) is 1.94. The molecule has 1 aromatic carbocycles. The number of carbonyl (C=O) groups is 1. The Bertz CT molecular complexity index is 511. The molecule has 1 heterocycles. The molecule has 1 aliphatic heterocycles. The van der Waals surface area contributed by atoms with E-state index in [0.29, 0.717) is 18.8 Å². The Labute approximate surface area is 112 Å². The Morgan fingerprint density at radius 1 is 1.42 bits per heavy atom. The van der Waals surface area contributed by atoms with Crippen molar-refractivity contribution in [2.24, 2.45) is 11.1 Å². The van der Waals surface area contributed by atoms with E-state index in [1.165, 1.54) is 0 Å². The molecule has 0 saturated heterocycles. The molecule has 5 heteroatoms. The minimum absolute atomic E-state index is 0.0543. The molecule has 3 N–H and O–H groups in total. The molecule has 102 valence electrons. The van der Waals surface area contributed by atoms with Crippen LogP contribution in [0, 0.1) is 5.41 Å². The van der Waals surface area contributed by atoms with Crippen molar-refractivity contribution in [2.45, 2.75) is 19.4 Å². The first-order chi connectivity index (χ1) is 9.17. The lowest BCUT2D eigenvalue weighted by Gasteiger charge is -2.32. The summed E-state index contributed by atoms with van der Waals surface area (Å²) in [6, 6.07) is 5.67. The molecule has 1 aromatic rings. The van der Waals surface area contributed by atoms with Crippen molar-refractivity contribution >= 4 is 11.6 Å². The first kappa shape index (κ1) is 12.4. The van der Waals surface area contributed by atoms with Gasteiger partial charge >= 0.3 is 0 Å². The van der Waals surface area contributed by atoms with Crippen LogP contribution in [0.5, 0.6) is 5.75 Å². The molecular weight excluding hydrogens is 244 g/mol. The predicted octanol–water partition coefficient (Wildman–Crippen LogP) is 0.643. The van der Waals surface area contributed by atoms with Gasteiger partial charge in [0.25, 0.3) is 5.91 Å². The van der Waals surface area contributed by atoms with Crippen molar-refractivity contribution in [3.05, 3.63) is 23.8 Å². The Balaban J connectivity index is 1.93. The summed E-state index contributed by atoms with van der Waals surface area (Å²) in [5.74, 6) is 0.659. The van der Waals surface area contributed by atoms with Crippen molar-refractivity contribution in [3.8, 4) is 5.75 Å². The number of aliphatic hydroxyl groups excluding tert-OH is 1. The van der Waals surface area contributed by atoms with Gasteiger partial charge in [0.2, 0.25) is 0 Å². The number of carbonyl (C=O) groups excluding carboxylic acids is 1. The molecule has 19 heavy (non-hydrogen) atoms. The topological polar surface area (TPSA) is 75.8 Å². The van der Waals surface area contributed by atoms with Gasteiger partial charge in [-0.2, -0.15) is 0 Å². The maximum absolute atomic E-state index is 12.1. The van der Waals surface area contributed by atoms with Crippen LogP contribution in [-0.2, 0) is 11.3 Å². The molecule has 1 saturated carbocycles. The van der Waals surface area contributed by atoms with Gasteiger partial charge in [0.05, 0.1) is 12.3 Å². The molecule has 5 nitrogen and oxygen atoms in total. The zero-order valence-corrected chi connectivity index (χ0v) is 10.8. The van der Waals surface area contributed by atoms with Crippen molar-refractivity contribution < 1.29 is 14.6 Å². The van der Waals surface area contributed by atoms with Gasteiger partial charge in [-0.05, 0) is 30.5 Å². The van der Waals surface area contributed by atoms with E-state index in [1.807, 2.05) is 18.2 Å². The molecule has 0 spiro atoms. The molecule has 1 fully saturated rings. The fraction of sp³-hybridized carbons (Fsp3) is 0.500. The Morgan fingerprint density at radius 3 is 2.84 bits per heavy atom. The molecule has 1 amide bonds. The van der Waals surface area contributed by atoms with Crippen molar-refractivity contribution in [3.63, 3.8) is 0 Å². The molecule has 0 radical (unpaired) electrons. The number of rotatable bonds is 4. The highest BCUT2D eigenvalue weighted by atomic mass is 16.5. The normalized spacial score (nSPS) is 19.9. The summed E-state index contributed by atoms with van der Waals surface area (Å²) in [7, 11) is 0. The molecule has 0 bridgehead atoms. The van der Waals surface area contributed by atoms with Gasteiger partial charge in [-0.25, -0.2) is 0 Å². The molecular formula is C14H18N2O3. The van der Waals surface area contributed by atoms with Crippen molar-refractivity contribution in [2.75, 3.05) is 24.7 Å². The molecule has 3 rings (SSSR count). The number of anilines is 1. The van der Waals surface area contributed by atoms with Crippen LogP contribution >= 0.6 is 0 Å². The minimum atomic E-state index is -0.108. The smallest absolute Gasteiger partial charge is 0.265 e. The van der Waals surface area contributed by atoms with E-state index in [-0.39, 0.29) is 24.5 Å². The van der Waals surface area contributed by atoms with E-state index in [4.69, 9.17) is 10.5 Å². The van der Waals surface area contributed by atoms with Crippen LogP contribution in [0.4, 0.5) is 5.69 Å². The van der Waals surface area contributed by atoms with Gasteiger partial charge in [0, 0.05) is 18.5 Å². The van der Waals surface area contributed by atoms with E-state index in [0.717, 1.165) is 24.1 Å².